The fraction of sp³-hybridized carbons (Fsp3) is 0.556. The molecule has 1 saturated heterocycles. The van der Waals surface area contributed by atoms with E-state index in [0.29, 0.717) is 12.7 Å². The van der Waals surface area contributed by atoms with Gasteiger partial charge in [0.1, 0.15) is 5.82 Å². The van der Waals surface area contributed by atoms with Crippen molar-refractivity contribution in [3.8, 4) is 0 Å². The molecule has 0 bridgehead atoms. The van der Waals surface area contributed by atoms with Crippen LogP contribution in [-0.2, 0) is 24.4 Å². The normalized spacial score (nSPS) is 19.1. The molecule has 0 radical (unpaired) electrons. The largest absolute Gasteiger partial charge is 0.371 e. The van der Waals surface area contributed by atoms with Gasteiger partial charge in [-0.2, -0.15) is 0 Å². The van der Waals surface area contributed by atoms with Crippen LogP contribution in [0.3, 0.4) is 0 Å². The molecule has 0 amide bonds. The summed E-state index contributed by atoms with van der Waals surface area (Å²) >= 11 is 0. The molecule has 3 heterocycles. The number of hydrogen-bond donors (Lipinski definition) is 0. The van der Waals surface area contributed by atoms with Crippen molar-refractivity contribution in [2.24, 2.45) is 0 Å². The smallest absolute Gasteiger partial charge is 0.122 e. The van der Waals surface area contributed by atoms with Crippen LogP contribution in [0, 0.1) is 0 Å². The molecule has 1 aliphatic rings. The van der Waals surface area contributed by atoms with Crippen LogP contribution in [-0.4, -0.2) is 38.6 Å². The molecule has 0 aromatic carbocycles. The lowest BCUT2D eigenvalue weighted by Gasteiger charge is -2.32. The van der Waals surface area contributed by atoms with E-state index in [0.717, 1.165) is 50.5 Å². The Hall–Kier alpha value is -1.72. The fourth-order valence-electron chi connectivity index (χ4n) is 3.12. The van der Waals surface area contributed by atoms with Gasteiger partial charge in [0.15, 0.2) is 0 Å². The Balaban J connectivity index is 1.50. The number of imidazole rings is 1. The summed E-state index contributed by atoms with van der Waals surface area (Å²) in [7, 11) is 0. The second-order valence-electron chi connectivity index (χ2n) is 6.17. The molecule has 5 heteroatoms. The summed E-state index contributed by atoms with van der Waals surface area (Å²) in [6, 6.07) is 5.96. The number of pyridine rings is 1. The van der Waals surface area contributed by atoms with Gasteiger partial charge in [-0.05, 0) is 37.9 Å². The molecule has 1 aliphatic heterocycles. The van der Waals surface area contributed by atoms with Crippen LogP contribution in [0.15, 0.2) is 36.8 Å². The average molecular weight is 314 g/mol. The molecule has 0 N–H and O–H groups in total. The lowest BCUT2D eigenvalue weighted by molar-refractivity contribution is -0.0140. The van der Waals surface area contributed by atoms with Crippen molar-refractivity contribution < 1.29 is 4.74 Å². The van der Waals surface area contributed by atoms with E-state index in [-0.39, 0.29) is 0 Å². The van der Waals surface area contributed by atoms with Gasteiger partial charge in [-0.15, -0.1) is 0 Å². The van der Waals surface area contributed by atoms with Crippen LogP contribution < -0.4 is 0 Å². The zero-order valence-corrected chi connectivity index (χ0v) is 13.9. The van der Waals surface area contributed by atoms with Crippen molar-refractivity contribution in [2.45, 2.75) is 52.0 Å². The van der Waals surface area contributed by atoms with Gasteiger partial charge in [-0.3, -0.25) is 9.88 Å². The van der Waals surface area contributed by atoms with Crippen molar-refractivity contribution in [3.05, 3.63) is 48.3 Å². The van der Waals surface area contributed by atoms with Crippen LogP contribution >= 0.6 is 0 Å². The topological polar surface area (TPSA) is 43.2 Å². The molecule has 124 valence electrons. The molecule has 2 aromatic rings. The predicted octanol–water partition coefficient (Wildman–Crippen LogP) is 2.87. The third-order valence-corrected chi connectivity index (χ3v) is 4.29. The minimum absolute atomic E-state index is 0.292. The van der Waals surface area contributed by atoms with E-state index < -0.39 is 0 Å². The van der Waals surface area contributed by atoms with E-state index >= 15 is 0 Å². The van der Waals surface area contributed by atoms with E-state index in [1.807, 2.05) is 30.6 Å². The first kappa shape index (κ1) is 16.1. The molecule has 1 fully saturated rings. The van der Waals surface area contributed by atoms with Gasteiger partial charge >= 0.3 is 0 Å². The van der Waals surface area contributed by atoms with Crippen LogP contribution in [0.2, 0.25) is 0 Å². The van der Waals surface area contributed by atoms with E-state index in [9.17, 15) is 0 Å². The maximum atomic E-state index is 6.06. The maximum Gasteiger partial charge on any atom is 0.122 e. The molecule has 5 nitrogen and oxygen atoms in total. The van der Waals surface area contributed by atoms with Crippen molar-refractivity contribution in [2.75, 3.05) is 13.1 Å². The lowest BCUT2D eigenvalue weighted by Crippen LogP contribution is -2.39. The minimum atomic E-state index is 0.292. The van der Waals surface area contributed by atoms with Crippen molar-refractivity contribution in [3.63, 3.8) is 0 Å². The summed E-state index contributed by atoms with van der Waals surface area (Å²) < 4.78 is 8.33. The molecule has 1 atom stereocenters. The number of ether oxygens (including phenoxy) is 1. The van der Waals surface area contributed by atoms with Crippen molar-refractivity contribution >= 4 is 0 Å². The monoisotopic (exact) mass is 314 g/mol. The lowest BCUT2D eigenvalue weighted by atomic mass is 10.1. The maximum absolute atomic E-state index is 6.06. The minimum Gasteiger partial charge on any atom is -0.371 e. The van der Waals surface area contributed by atoms with Crippen LogP contribution in [0.25, 0.3) is 0 Å². The van der Waals surface area contributed by atoms with Gasteiger partial charge in [0.2, 0.25) is 0 Å². The number of likely N-dealkylation sites (tertiary alicyclic amines) is 1. The van der Waals surface area contributed by atoms with Crippen LogP contribution in [0.4, 0.5) is 0 Å². The number of aromatic nitrogens is 3. The van der Waals surface area contributed by atoms with Crippen molar-refractivity contribution in [1.29, 1.82) is 0 Å². The molecule has 0 spiro atoms. The Bertz CT molecular complexity index is 584. The van der Waals surface area contributed by atoms with Crippen molar-refractivity contribution in [1.82, 2.24) is 19.4 Å². The van der Waals surface area contributed by atoms with Crippen LogP contribution in [0.1, 0.15) is 37.7 Å². The highest BCUT2D eigenvalue weighted by atomic mass is 16.5. The molecule has 0 unspecified atom stereocenters. The quantitative estimate of drug-likeness (QED) is 0.788. The fourth-order valence-corrected chi connectivity index (χ4v) is 3.12. The number of rotatable bonds is 7. The van der Waals surface area contributed by atoms with E-state index in [2.05, 4.69) is 32.6 Å². The average Bonchev–Trinajstić information content (AvgIpc) is 3.02. The highest BCUT2D eigenvalue weighted by Gasteiger charge is 2.21. The standard InChI is InChI=1S/C18H26N4O/c1-2-10-22-12-9-20-18(22)14-21-11-5-7-17(13-21)23-15-16-6-3-4-8-19-16/h3-4,6,8-9,12,17H,2,5,7,10-11,13-15H2,1H3/t17-/m1/s1. The molecule has 0 saturated carbocycles. The number of piperidine rings is 1. The van der Waals surface area contributed by atoms with Gasteiger partial charge < -0.3 is 9.30 Å². The van der Waals surface area contributed by atoms with Gasteiger partial charge in [-0.25, -0.2) is 4.98 Å². The van der Waals surface area contributed by atoms with E-state index in [1.54, 1.807) is 0 Å². The number of nitrogens with zero attached hydrogens (tertiary/aromatic N) is 4. The van der Waals surface area contributed by atoms with E-state index in [1.165, 1.54) is 6.42 Å². The first-order chi connectivity index (χ1) is 11.3. The zero-order valence-electron chi connectivity index (χ0n) is 13.9. The Morgan fingerprint density at radius 1 is 1.26 bits per heavy atom. The van der Waals surface area contributed by atoms with Gasteiger partial charge in [-0.1, -0.05) is 13.0 Å². The molecule has 3 rings (SSSR count). The van der Waals surface area contributed by atoms with E-state index in [4.69, 9.17) is 4.74 Å². The second kappa shape index (κ2) is 8.22. The SMILES string of the molecule is CCCn1ccnc1CN1CCC[C@@H](OCc2ccccn2)C1. The van der Waals surface area contributed by atoms with Gasteiger partial charge in [0, 0.05) is 31.7 Å². The Kier molecular flexibility index (Phi) is 5.77. The van der Waals surface area contributed by atoms with Gasteiger partial charge in [0.25, 0.3) is 0 Å². The first-order valence-corrected chi connectivity index (χ1v) is 8.59. The number of aryl methyl sites for hydroxylation is 1. The second-order valence-corrected chi connectivity index (χ2v) is 6.17. The molecule has 23 heavy (non-hydrogen) atoms. The van der Waals surface area contributed by atoms with Crippen LogP contribution in [0.5, 0.6) is 0 Å². The summed E-state index contributed by atoms with van der Waals surface area (Å²) in [6.07, 6.45) is 9.55. The summed E-state index contributed by atoms with van der Waals surface area (Å²) in [4.78, 5) is 11.3. The molecule has 2 aromatic heterocycles. The Morgan fingerprint density at radius 2 is 2.22 bits per heavy atom. The highest BCUT2D eigenvalue weighted by molar-refractivity contribution is 5.02. The highest BCUT2D eigenvalue weighted by Crippen LogP contribution is 2.17. The molecule has 0 aliphatic carbocycles. The third-order valence-electron chi connectivity index (χ3n) is 4.29. The first-order valence-electron chi connectivity index (χ1n) is 8.59. The Morgan fingerprint density at radius 3 is 3.04 bits per heavy atom. The summed E-state index contributed by atoms with van der Waals surface area (Å²) in [5.74, 6) is 1.16. The van der Waals surface area contributed by atoms with Gasteiger partial charge in [0.05, 0.1) is 24.9 Å². The Labute approximate surface area is 138 Å². The zero-order chi connectivity index (χ0) is 15.9. The summed E-state index contributed by atoms with van der Waals surface area (Å²) in [5, 5.41) is 0. The summed E-state index contributed by atoms with van der Waals surface area (Å²) in [5.41, 5.74) is 1.00. The molecular weight excluding hydrogens is 288 g/mol. The molecular formula is C18H26N4O. The predicted molar refractivity (Wildman–Crippen MR) is 89.8 cm³/mol. The third kappa shape index (κ3) is 4.62. The number of hydrogen-bond acceptors (Lipinski definition) is 4. The summed E-state index contributed by atoms with van der Waals surface area (Å²) in [6.45, 7) is 6.86.